The Bertz CT molecular complexity index is 329. The minimum Gasteiger partial charge on any atom is -0.234 e. The molecule has 0 aliphatic heterocycles. The molecule has 0 bridgehead atoms. The molecule has 5 nitrogen and oxygen atoms in total. The second kappa shape index (κ2) is 3.56. The maximum atomic E-state index is 8.37. The van der Waals surface area contributed by atoms with Gasteiger partial charge in [-0.15, -0.1) is 11.3 Å². The molecule has 0 amide bonds. The summed E-state index contributed by atoms with van der Waals surface area (Å²) in [6.07, 6.45) is 1.54. The third kappa shape index (κ3) is 1.93. The molecule has 0 fully saturated rings. The lowest BCUT2D eigenvalue weighted by Gasteiger charge is -1.79. The molecule has 1 aromatic heterocycles. The summed E-state index contributed by atoms with van der Waals surface area (Å²) in [6.45, 7) is 0.274. The molecule has 0 atom stereocenters. The summed E-state index contributed by atoms with van der Waals surface area (Å²) in [6, 6.07) is 1.90. The quantitative estimate of drug-likeness (QED) is 0.380. The van der Waals surface area contributed by atoms with Gasteiger partial charge in [0, 0.05) is 16.0 Å². The predicted octanol–water partition coefficient (Wildman–Crippen LogP) is 1.83. The third-order valence-electron chi connectivity index (χ3n) is 0.939. The largest absolute Gasteiger partial charge is 0.234 e. The number of thiazole rings is 1. The van der Waals surface area contributed by atoms with Crippen LogP contribution in [0.25, 0.3) is 10.4 Å². The minimum absolute atomic E-state index is 0.274. The number of azide groups is 1. The monoisotopic (exact) mass is 165 g/mol. The number of nitrogens with zero attached hydrogens (tertiary/aromatic N) is 5. The molecule has 54 valence electrons. The summed E-state index contributed by atoms with van der Waals surface area (Å²) >= 11 is 1.24. The molecule has 1 rings (SSSR count). The van der Waals surface area contributed by atoms with Gasteiger partial charge in [0.2, 0.25) is 0 Å². The second-order valence-electron chi connectivity index (χ2n) is 1.63. The van der Waals surface area contributed by atoms with E-state index in [0.717, 1.165) is 4.88 Å². The van der Waals surface area contributed by atoms with Crippen molar-refractivity contribution in [1.82, 2.24) is 4.98 Å². The first-order valence-corrected chi connectivity index (χ1v) is 3.54. The molecule has 0 N–H and O–H groups in total. The van der Waals surface area contributed by atoms with E-state index in [1.807, 2.05) is 6.07 Å². The van der Waals surface area contributed by atoms with Gasteiger partial charge in [0.05, 0.1) is 6.54 Å². The Morgan fingerprint density at radius 1 is 1.91 bits per heavy atom. The van der Waals surface area contributed by atoms with E-state index in [1.54, 1.807) is 0 Å². The Balaban J connectivity index is 2.74. The van der Waals surface area contributed by atoms with Crippen molar-refractivity contribution in [2.24, 2.45) is 5.11 Å². The average molecular weight is 165 g/mol. The Kier molecular flexibility index (Phi) is 2.44. The molecule has 0 spiro atoms. The van der Waals surface area contributed by atoms with Gasteiger partial charge in [0.1, 0.15) is 6.07 Å². The van der Waals surface area contributed by atoms with Crippen LogP contribution < -0.4 is 0 Å². The zero-order valence-electron chi connectivity index (χ0n) is 5.43. The Morgan fingerprint density at radius 2 is 2.73 bits per heavy atom. The zero-order valence-corrected chi connectivity index (χ0v) is 6.25. The fraction of sp³-hybridized carbons (Fsp3) is 0.200. The fourth-order valence-electron chi connectivity index (χ4n) is 0.534. The van der Waals surface area contributed by atoms with Crippen LogP contribution in [0.15, 0.2) is 11.3 Å². The number of aromatic nitrogens is 1. The van der Waals surface area contributed by atoms with Gasteiger partial charge in [-0.2, -0.15) is 5.26 Å². The highest BCUT2D eigenvalue weighted by Crippen LogP contribution is 2.12. The van der Waals surface area contributed by atoms with E-state index >= 15 is 0 Å². The molecule has 0 saturated heterocycles. The lowest BCUT2D eigenvalue weighted by Crippen LogP contribution is -1.67. The molecule has 0 aliphatic carbocycles. The lowest BCUT2D eigenvalue weighted by molar-refractivity contribution is 1.07. The van der Waals surface area contributed by atoms with Gasteiger partial charge in [0.15, 0.2) is 5.01 Å². The van der Waals surface area contributed by atoms with E-state index in [1.165, 1.54) is 17.5 Å². The van der Waals surface area contributed by atoms with Gasteiger partial charge in [-0.1, -0.05) is 5.11 Å². The molecule has 1 heterocycles. The summed E-state index contributed by atoms with van der Waals surface area (Å²) < 4.78 is 0. The van der Waals surface area contributed by atoms with Gasteiger partial charge in [-0.25, -0.2) is 4.98 Å². The van der Waals surface area contributed by atoms with Crippen LogP contribution in [-0.4, -0.2) is 4.98 Å². The van der Waals surface area contributed by atoms with Crippen LogP contribution in [0.5, 0.6) is 0 Å². The normalized spacial score (nSPS) is 8.27. The van der Waals surface area contributed by atoms with Crippen molar-refractivity contribution >= 4 is 11.3 Å². The minimum atomic E-state index is 0.274. The van der Waals surface area contributed by atoms with Crippen LogP contribution in [0.3, 0.4) is 0 Å². The van der Waals surface area contributed by atoms with Crippen molar-refractivity contribution in [3.8, 4) is 6.07 Å². The Labute approximate surface area is 66.5 Å². The number of nitriles is 1. The first-order chi connectivity index (χ1) is 5.36. The Morgan fingerprint density at radius 3 is 3.27 bits per heavy atom. The van der Waals surface area contributed by atoms with E-state index in [-0.39, 0.29) is 6.54 Å². The molecule has 1 aromatic rings. The smallest absolute Gasteiger partial charge is 0.194 e. The molecular formula is C5H3N5S. The zero-order chi connectivity index (χ0) is 8.10. The van der Waals surface area contributed by atoms with Crippen LogP contribution in [0, 0.1) is 11.3 Å². The molecule has 0 aliphatic rings. The summed E-state index contributed by atoms with van der Waals surface area (Å²) in [5.41, 5.74) is 7.97. The first-order valence-electron chi connectivity index (χ1n) is 2.72. The maximum absolute atomic E-state index is 8.37. The topological polar surface area (TPSA) is 85.4 Å². The maximum Gasteiger partial charge on any atom is 0.194 e. The van der Waals surface area contributed by atoms with Crippen LogP contribution in [0.1, 0.15) is 9.88 Å². The third-order valence-corrected chi connectivity index (χ3v) is 1.83. The van der Waals surface area contributed by atoms with Crippen molar-refractivity contribution in [2.45, 2.75) is 6.54 Å². The summed E-state index contributed by atoms with van der Waals surface area (Å²) in [4.78, 5) is 7.15. The van der Waals surface area contributed by atoms with Gasteiger partial charge in [-0.05, 0) is 5.53 Å². The van der Waals surface area contributed by atoms with Gasteiger partial charge >= 0.3 is 0 Å². The van der Waals surface area contributed by atoms with Crippen LogP contribution in [0.4, 0.5) is 0 Å². The van der Waals surface area contributed by atoms with Crippen molar-refractivity contribution in [3.63, 3.8) is 0 Å². The summed E-state index contributed by atoms with van der Waals surface area (Å²) in [5, 5.41) is 12.1. The van der Waals surface area contributed by atoms with E-state index in [9.17, 15) is 0 Å². The van der Waals surface area contributed by atoms with Gasteiger partial charge < -0.3 is 0 Å². The summed E-state index contributed by atoms with van der Waals surface area (Å²) in [7, 11) is 0. The highest BCUT2D eigenvalue weighted by Gasteiger charge is 1.97. The van der Waals surface area contributed by atoms with Gasteiger partial charge in [-0.3, -0.25) is 0 Å². The highest BCUT2D eigenvalue weighted by atomic mass is 32.1. The molecule has 6 heteroatoms. The summed E-state index contributed by atoms with van der Waals surface area (Å²) in [5.74, 6) is 0. The van der Waals surface area contributed by atoms with E-state index in [0.29, 0.717) is 5.01 Å². The molecule has 0 saturated carbocycles. The molecule has 0 unspecified atom stereocenters. The number of hydrogen-bond donors (Lipinski definition) is 0. The standard InChI is InChI=1S/C5H3N5S/c6-1-5-8-2-4(11-5)3-9-10-7/h2H,3H2. The van der Waals surface area contributed by atoms with E-state index in [2.05, 4.69) is 15.0 Å². The molecule has 11 heavy (non-hydrogen) atoms. The van der Waals surface area contributed by atoms with Crippen LogP contribution >= 0.6 is 11.3 Å². The average Bonchev–Trinajstić information content (AvgIpc) is 2.48. The Hall–Kier alpha value is -1.57. The number of hydrogen-bond acceptors (Lipinski definition) is 4. The van der Waals surface area contributed by atoms with E-state index in [4.69, 9.17) is 10.8 Å². The van der Waals surface area contributed by atoms with Crippen molar-refractivity contribution < 1.29 is 0 Å². The fourth-order valence-corrected chi connectivity index (χ4v) is 1.16. The van der Waals surface area contributed by atoms with Crippen molar-refractivity contribution in [3.05, 3.63) is 26.5 Å². The van der Waals surface area contributed by atoms with Crippen LogP contribution in [-0.2, 0) is 6.54 Å². The predicted molar refractivity (Wildman–Crippen MR) is 39.7 cm³/mol. The lowest BCUT2D eigenvalue weighted by atomic mass is 10.6. The van der Waals surface area contributed by atoms with Gasteiger partial charge in [0.25, 0.3) is 0 Å². The molecule has 0 radical (unpaired) electrons. The molecular weight excluding hydrogens is 162 g/mol. The number of rotatable bonds is 2. The van der Waals surface area contributed by atoms with Crippen molar-refractivity contribution in [2.75, 3.05) is 0 Å². The second-order valence-corrected chi connectivity index (χ2v) is 2.75. The van der Waals surface area contributed by atoms with E-state index < -0.39 is 0 Å². The molecule has 0 aromatic carbocycles. The highest BCUT2D eigenvalue weighted by molar-refractivity contribution is 7.12. The first kappa shape index (κ1) is 7.54. The SMILES string of the molecule is N#Cc1ncc(CN=[N+]=[N-])s1. The van der Waals surface area contributed by atoms with Crippen molar-refractivity contribution in [1.29, 1.82) is 5.26 Å². The van der Waals surface area contributed by atoms with Crippen LogP contribution in [0.2, 0.25) is 0 Å².